The van der Waals surface area contributed by atoms with Crippen molar-refractivity contribution in [2.45, 2.75) is 77.5 Å². The fraction of sp³-hybridized carbons (Fsp3) is 0.387. The van der Waals surface area contributed by atoms with E-state index in [9.17, 15) is 14.4 Å². The van der Waals surface area contributed by atoms with Gasteiger partial charge in [-0.2, -0.15) is 0 Å². The van der Waals surface area contributed by atoms with E-state index < -0.39 is 29.7 Å². The van der Waals surface area contributed by atoms with E-state index in [1.165, 1.54) is 6.33 Å². The third-order valence-corrected chi connectivity index (χ3v) is 6.30. The molecule has 212 valence electrons. The number of nitrogens with one attached hydrogen (secondary N) is 4. The van der Waals surface area contributed by atoms with Crippen LogP contribution in [0.1, 0.15) is 62.9 Å². The topological polar surface area (TPSA) is 137 Å². The molecule has 3 aromatic rings. The summed E-state index contributed by atoms with van der Waals surface area (Å²) < 4.78 is 5.40. The number of hydrogen-bond donors (Lipinski definition) is 4. The molecular weight excluding hydrogens is 506 g/mol. The summed E-state index contributed by atoms with van der Waals surface area (Å²) in [6, 6.07) is 15.5. The van der Waals surface area contributed by atoms with Gasteiger partial charge in [0, 0.05) is 30.4 Å². The Balaban J connectivity index is 1.72. The smallest absolute Gasteiger partial charge is 0.408 e. The van der Waals surface area contributed by atoms with Gasteiger partial charge in [-0.05, 0) is 63.6 Å². The second kappa shape index (κ2) is 14.2. The first-order chi connectivity index (χ1) is 19.0. The van der Waals surface area contributed by atoms with E-state index in [1.807, 2.05) is 54.6 Å². The van der Waals surface area contributed by atoms with Crippen molar-refractivity contribution in [1.82, 2.24) is 20.6 Å². The van der Waals surface area contributed by atoms with Crippen molar-refractivity contribution in [3.63, 3.8) is 0 Å². The van der Waals surface area contributed by atoms with Gasteiger partial charge in [0.25, 0.3) is 0 Å². The quantitative estimate of drug-likeness (QED) is 0.234. The van der Waals surface area contributed by atoms with Crippen molar-refractivity contribution in [2.24, 2.45) is 0 Å². The van der Waals surface area contributed by atoms with E-state index in [2.05, 4.69) is 20.6 Å². The van der Waals surface area contributed by atoms with Crippen molar-refractivity contribution in [3.8, 4) is 0 Å². The van der Waals surface area contributed by atoms with Crippen molar-refractivity contribution in [3.05, 3.63) is 89.5 Å². The highest BCUT2D eigenvalue weighted by atomic mass is 16.6. The molecule has 0 aliphatic heterocycles. The lowest BCUT2D eigenvalue weighted by Crippen LogP contribution is -2.53. The fourth-order valence-electron chi connectivity index (χ4n) is 4.17. The number of aromatic amines is 1. The average Bonchev–Trinajstić information content (AvgIpc) is 3.42. The zero-order valence-corrected chi connectivity index (χ0v) is 23.6. The number of alkyl carbamates (subject to hydrolysis) is 1. The van der Waals surface area contributed by atoms with Crippen LogP contribution in [0.15, 0.2) is 67.1 Å². The van der Waals surface area contributed by atoms with Gasteiger partial charge in [-0.1, -0.05) is 54.6 Å². The molecule has 0 bridgehead atoms. The van der Waals surface area contributed by atoms with Crippen molar-refractivity contribution < 1.29 is 19.1 Å². The van der Waals surface area contributed by atoms with Gasteiger partial charge in [0.2, 0.25) is 5.91 Å². The molecule has 2 aromatic carbocycles. The summed E-state index contributed by atoms with van der Waals surface area (Å²) in [4.78, 5) is 46.5. The van der Waals surface area contributed by atoms with Gasteiger partial charge in [-0.25, -0.2) is 9.78 Å². The predicted molar refractivity (Wildman–Crippen MR) is 154 cm³/mol. The van der Waals surface area contributed by atoms with Crippen molar-refractivity contribution in [1.29, 1.82) is 5.41 Å². The minimum atomic E-state index is -0.899. The summed E-state index contributed by atoms with van der Waals surface area (Å²) in [7, 11) is 0. The lowest BCUT2D eigenvalue weighted by Gasteiger charge is -2.25. The van der Waals surface area contributed by atoms with E-state index in [-0.39, 0.29) is 18.6 Å². The van der Waals surface area contributed by atoms with Crippen molar-refractivity contribution >= 4 is 23.5 Å². The van der Waals surface area contributed by atoms with E-state index in [4.69, 9.17) is 10.1 Å². The first-order valence-electron chi connectivity index (χ1n) is 13.5. The Labute approximate surface area is 235 Å². The van der Waals surface area contributed by atoms with Crippen LogP contribution < -0.4 is 10.6 Å². The molecule has 2 atom stereocenters. The summed E-state index contributed by atoms with van der Waals surface area (Å²) in [5.41, 5.74) is 3.30. The average molecular weight is 546 g/mol. The third kappa shape index (κ3) is 10.1. The highest BCUT2D eigenvalue weighted by Crippen LogP contribution is 2.12. The van der Waals surface area contributed by atoms with Crippen LogP contribution in [0.4, 0.5) is 4.79 Å². The first kappa shape index (κ1) is 30.3. The molecule has 1 heterocycles. The Morgan fingerprint density at radius 1 is 0.950 bits per heavy atom. The van der Waals surface area contributed by atoms with E-state index in [0.29, 0.717) is 30.7 Å². The van der Waals surface area contributed by atoms with Gasteiger partial charge in [0.1, 0.15) is 11.6 Å². The van der Waals surface area contributed by atoms with Crippen LogP contribution in [0.5, 0.6) is 0 Å². The highest BCUT2D eigenvalue weighted by Gasteiger charge is 2.28. The number of ether oxygens (including phenoxy) is 1. The van der Waals surface area contributed by atoms with E-state index in [0.717, 1.165) is 16.7 Å². The number of ketones is 1. The number of rotatable bonds is 13. The van der Waals surface area contributed by atoms with Gasteiger partial charge in [0.15, 0.2) is 5.78 Å². The molecule has 0 spiro atoms. The summed E-state index contributed by atoms with van der Waals surface area (Å²) in [5, 5.41) is 13.3. The van der Waals surface area contributed by atoms with Crippen LogP contribution in [0.25, 0.3) is 0 Å². The second-order valence-electron chi connectivity index (χ2n) is 10.9. The normalized spacial score (nSPS) is 12.7. The fourth-order valence-corrected chi connectivity index (χ4v) is 4.17. The molecule has 0 aliphatic carbocycles. The number of amides is 2. The van der Waals surface area contributed by atoms with Gasteiger partial charge in [-0.3, -0.25) is 9.59 Å². The second-order valence-corrected chi connectivity index (χ2v) is 10.9. The maximum atomic E-state index is 13.5. The Morgan fingerprint density at radius 2 is 1.62 bits per heavy atom. The minimum absolute atomic E-state index is 0.130. The van der Waals surface area contributed by atoms with Crippen molar-refractivity contribution in [2.75, 3.05) is 0 Å². The standard InChI is InChI=1S/C31H39N5O4/c1-21(32)24-14-10-23(11-15-24)13-17-28(37)27(18-25-19-33-20-34-25)35-29(38)26(36-30(39)40-31(2,3)4)16-12-22-8-6-5-7-9-22/h5-11,14-15,19-20,26-27,32H,12-13,16-18H2,1-4H3,(H,33,34)(H,35,38)(H,36,39)/t26-,27+/m1/s1. The SMILES string of the molecule is CC(=N)c1ccc(CCC(=O)[C@H](Cc2cnc[nH]2)NC(=O)[C@@H](CCc2ccccc2)NC(=O)OC(C)(C)C)cc1. The number of benzene rings is 2. The number of H-pyrrole nitrogens is 1. The molecule has 0 saturated heterocycles. The number of nitrogens with zero attached hydrogens (tertiary/aromatic N) is 1. The number of imidazole rings is 1. The third-order valence-electron chi connectivity index (χ3n) is 6.30. The highest BCUT2D eigenvalue weighted by molar-refractivity contribution is 5.96. The molecule has 9 nitrogen and oxygen atoms in total. The first-order valence-corrected chi connectivity index (χ1v) is 13.5. The molecular formula is C31H39N5O4. The Bertz CT molecular complexity index is 1270. The molecule has 4 N–H and O–H groups in total. The van der Waals surface area contributed by atoms with Gasteiger partial charge in [-0.15, -0.1) is 0 Å². The molecule has 0 unspecified atom stereocenters. The lowest BCUT2D eigenvalue weighted by molar-refractivity contribution is -0.129. The molecule has 40 heavy (non-hydrogen) atoms. The number of Topliss-reactive ketones (excluding diaryl/α,β-unsaturated/α-hetero) is 1. The molecule has 3 rings (SSSR count). The van der Waals surface area contributed by atoms with Gasteiger partial charge in [0.05, 0.1) is 12.4 Å². The predicted octanol–water partition coefficient (Wildman–Crippen LogP) is 4.55. The number of carbonyl (C=O) groups is 3. The van der Waals surface area contributed by atoms with E-state index >= 15 is 0 Å². The molecule has 2 amide bonds. The molecule has 1 aromatic heterocycles. The van der Waals surface area contributed by atoms with Crippen LogP contribution in [0.3, 0.4) is 0 Å². The monoisotopic (exact) mass is 545 g/mol. The minimum Gasteiger partial charge on any atom is -0.444 e. The maximum Gasteiger partial charge on any atom is 0.408 e. The summed E-state index contributed by atoms with van der Waals surface area (Å²) in [5.74, 6) is -0.584. The van der Waals surface area contributed by atoms with E-state index in [1.54, 1.807) is 33.9 Å². The number of aromatic nitrogens is 2. The Hall–Kier alpha value is -4.27. The molecule has 0 aliphatic rings. The number of carbonyl (C=O) groups excluding carboxylic acids is 3. The molecule has 0 radical (unpaired) electrons. The summed E-state index contributed by atoms with van der Waals surface area (Å²) >= 11 is 0. The number of hydrogen-bond acceptors (Lipinski definition) is 6. The molecule has 0 fully saturated rings. The maximum absolute atomic E-state index is 13.5. The van der Waals surface area contributed by atoms with Gasteiger partial charge < -0.3 is 25.8 Å². The Kier molecular flexibility index (Phi) is 10.8. The van der Waals surface area contributed by atoms with Crippen LogP contribution in [-0.2, 0) is 33.6 Å². The van der Waals surface area contributed by atoms with Gasteiger partial charge >= 0.3 is 6.09 Å². The molecule has 9 heteroatoms. The van der Waals surface area contributed by atoms with Crippen LogP contribution in [0, 0.1) is 5.41 Å². The largest absolute Gasteiger partial charge is 0.444 e. The Morgan fingerprint density at radius 3 is 2.23 bits per heavy atom. The lowest BCUT2D eigenvalue weighted by atomic mass is 9.98. The van der Waals surface area contributed by atoms with Crippen LogP contribution >= 0.6 is 0 Å². The van der Waals surface area contributed by atoms with Crippen LogP contribution in [-0.4, -0.2) is 51.1 Å². The summed E-state index contributed by atoms with van der Waals surface area (Å²) in [6.45, 7) is 6.99. The zero-order chi connectivity index (χ0) is 29.1. The summed E-state index contributed by atoms with van der Waals surface area (Å²) in [6.07, 6.45) is 4.30. The zero-order valence-electron chi connectivity index (χ0n) is 23.6. The molecule has 0 saturated carbocycles. The number of aryl methyl sites for hydroxylation is 2. The van der Waals surface area contributed by atoms with Crippen LogP contribution in [0.2, 0.25) is 0 Å².